The second kappa shape index (κ2) is 7.40. The largest absolute Gasteiger partial charge is 0.481 e. The molecule has 1 atom stereocenters. The molecular weight excluding hydrogens is 360 g/mol. The molecule has 4 rings (SSSR count). The van der Waals surface area contributed by atoms with Crippen LogP contribution in [0.15, 0.2) is 47.5 Å². The topological polar surface area (TPSA) is 41.9 Å². The maximum absolute atomic E-state index is 12.2. The molecule has 0 bridgehead atoms. The van der Waals surface area contributed by atoms with E-state index in [9.17, 15) is 4.79 Å². The molecule has 1 unspecified atom stereocenters. The van der Waals surface area contributed by atoms with Crippen molar-refractivity contribution in [3.8, 4) is 18.1 Å². The van der Waals surface area contributed by atoms with Crippen molar-refractivity contribution >= 4 is 17.7 Å². The van der Waals surface area contributed by atoms with E-state index in [4.69, 9.17) is 16.2 Å². The van der Waals surface area contributed by atoms with Crippen LogP contribution >= 0.6 is 0 Å². The normalized spacial score (nSPS) is 20.7. The smallest absolute Gasteiger partial charge is 0.186 e. The third-order valence-electron chi connectivity index (χ3n) is 5.62. The minimum atomic E-state index is -0.915. The Labute approximate surface area is 172 Å². The number of aliphatic imine (C=N–C) groups is 1. The molecule has 4 heteroatoms. The van der Waals surface area contributed by atoms with E-state index in [1.54, 1.807) is 0 Å². The lowest BCUT2D eigenvalue weighted by molar-refractivity contribution is -0.111. The number of rotatable bonds is 6. The van der Waals surface area contributed by atoms with E-state index in [0.717, 1.165) is 41.7 Å². The van der Waals surface area contributed by atoms with Crippen molar-refractivity contribution < 1.29 is 9.53 Å². The second-order valence-electron chi connectivity index (χ2n) is 8.22. The van der Waals surface area contributed by atoms with Crippen molar-refractivity contribution in [3.63, 3.8) is 0 Å². The molecule has 4 nitrogen and oxygen atoms in total. The summed E-state index contributed by atoms with van der Waals surface area (Å²) in [5, 5.41) is 0. The third-order valence-corrected chi connectivity index (χ3v) is 5.62. The highest BCUT2D eigenvalue weighted by Gasteiger charge is 2.45. The summed E-state index contributed by atoms with van der Waals surface area (Å²) < 4.78 is 5.67. The van der Waals surface area contributed by atoms with Gasteiger partial charge in [-0.2, -0.15) is 0 Å². The molecule has 1 aliphatic carbocycles. The molecule has 29 heavy (non-hydrogen) atoms. The van der Waals surface area contributed by atoms with Crippen LogP contribution in [0.5, 0.6) is 5.75 Å². The maximum atomic E-state index is 12.2. The molecule has 0 spiro atoms. The SMILES string of the molecule is C#CCOc1ccc2c(c1)C(c1ccc(C(C)C)cc1)=NC(C)(C=O)N2C1CC1. The number of terminal acetylenes is 1. The van der Waals surface area contributed by atoms with Crippen molar-refractivity contribution in [2.45, 2.75) is 51.2 Å². The van der Waals surface area contributed by atoms with Crippen LogP contribution in [0.25, 0.3) is 0 Å². The monoisotopic (exact) mass is 386 g/mol. The fourth-order valence-electron chi connectivity index (χ4n) is 3.94. The summed E-state index contributed by atoms with van der Waals surface area (Å²) in [6, 6.07) is 14.7. The molecule has 148 valence electrons. The molecule has 0 amide bonds. The van der Waals surface area contributed by atoms with E-state index in [2.05, 4.69) is 48.9 Å². The van der Waals surface area contributed by atoms with E-state index in [1.807, 2.05) is 25.1 Å². The van der Waals surface area contributed by atoms with Crippen molar-refractivity contribution in [3.05, 3.63) is 59.2 Å². The summed E-state index contributed by atoms with van der Waals surface area (Å²) in [4.78, 5) is 19.3. The highest BCUT2D eigenvalue weighted by molar-refractivity contribution is 6.18. The Hall–Kier alpha value is -3.06. The zero-order valence-electron chi connectivity index (χ0n) is 17.2. The Bertz CT molecular complexity index is 996. The van der Waals surface area contributed by atoms with Crippen LogP contribution in [-0.2, 0) is 4.79 Å². The Balaban J connectivity index is 1.86. The van der Waals surface area contributed by atoms with E-state index >= 15 is 0 Å². The third kappa shape index (κ3) is 3.53. The van der Waals surface area contributed by atoms with Crippen molar-refractivity contribution in [2.24, 2.45) is 4.99 Å². The van der Waals surface area contributed by atoms with Crippen molar-refractivity contribution in [1.29, 1.82) is 0 Å². The predicted octanol–water partition coefficient (Wildman–Crippen LogP) is 4.56. The van der Waals surface area contributed by atoms with Crippen LogP contribution in [0, 0.1) is 12.3 Å². The number of hydrogen-bond donors (Lipinski definition) is 0. The van der Waals surface area contributed by atoms with Crippen LogP contribution in [0.2, 0.25) is 0 Å². The van der Waals surface area contributed by atoms with Crippen LogP contribution in [-0.4, -0.2) is 30.3 Å². The first-order chi connectivity index (χ1) is 14.0. The highest BCUT2D eigenvalue weighted by atomic mass is 16.5. The Kier molecular flexibility index (Phi) is 4.92. The van der Waals surface area contributed by atoms with E-state index in [-0.39, 0.29) is 6.61 Å². The molecule has 1 saturated carbocycles. The average molecular weight is 386 g/mol. The first-order valence-electron chi connectivity index (χ1n) is 10.1. The van der Waals surface area contributed by atoms with Gasteiger partial charge in [0.05, 0.1) is 5.71 Å². The van der Waals surface area contributed by atoms with E-state index in [0.29, 0.717) is 17.7 Å². The average Bonchev–Trinajstić information content (AvgIpc) is 3.56. The number of carbonyl (C=O) groups is 1. The maximum Gasteiger partial charge on any atom is 0.186 e. The van der Waals surface area contributed by atoms with Gasteiger partial charge in [0, 0.05) is 22.9 Å². The van der Waals surface area contributed by atoms with Gasteiger partial charge in [-0.3, -0.25) is 4.79 Å². The number of hydrogen-bond acceptors (Lipinski definition) is 4. The van der Waals surface area contributed by atoms with Gasteiger partial charge in [-0.05, 0) is 49.4 Å². The number of fused-ring (bicyclic) bond motifs is 1. The molecule has 1 fully saturated rings. The van der Waals surface area contributed by atoms with Gasteiger partial charge in [0.2, 0.25) is 0 Å². The Morgan fingerprint density at radius 3 is 2.59 bits per heavy atom. The van der Waals surface area contributed by atoms with Gasteiger partial charge in [0.25, 0.3) is 0 Å². The van der Waals surface area contributed by atoms with Crippen molar-refractivity contribution in [1.82, 2.24) is 0 Å². The zero-order valence-corrected chi connectivity index (χ0v) is 17.2. The fourth-order valence-corrected chi connectivity index (χ4v) is 3.94. The van der Waals surface area contributed by atoms with Gasteiger partial charge >= 0.3 is 0 Å². The predicted molar refractivity (Wildman–Crippen MR) is 117 cm³/mol. The van der Waals surface area contributed by atoms with Crippen LogP contribution < -0.4 is 9.64 Å². The molecule has 1 heterocycles. The number of carbonyl (C=O) groups excluding carboxylic acids is 1. The molecule has 0 aromatic heterocycles. The van der Waals surface area contributed by atoms with E-state index in [1.165, 1.54) is 5.56 Å². The van der Waals surface area contributed by atoms with Gasteiger partial charge in [0.15, 0.2) is 11.9 Å². The molecule has 2 aromatic rings. The van der Waals surface area contributed by atoms with Gasteiger partial charge in [-0.15, -0.1) is 6.42 Å². The van der Waals surface area contributed by atoms with Gasteiger partial charge in [-0.1, -0.05) is 44.0 Å². The lowest BCUT2D eigenvalue weighted by Crippen LogP contribution is -2.51. The second-order valence-corrected chi connectivity index (χ2v) is 8.22. The fraction of sp³-hybridized carbons (Fsp3) is 0.360. The molecular formula is C25H26N2O2. The number of anilines is 1. The number of ether oxygens (including phenoxy) is 1. The summed E-state index contributed by atoms with van der Waals surface area (Å²) in [6.45, 7) is 6.46. The quantitative estimate of drug-likeness (QED) is 0.540. The zero-order chi connectivity index (χ0) is 20.6. The molecule has 0 N–H and O–H groups in total. The number of aldehydes is 1. The molecule has 1 aliphatic heterocycles. The number of benzene rings is 2. The summed E-state index contributed by atoms with van der Waals surface area (Å²) in [7, 11) is 0. The van der Waals surface area contributed by atoms with Crippen LogP contribution in [0.4, 0.5) is 5.69 Å². The Morgan fingerprint density at radius 2 is 2.00 bits per heavy atom. The van der Waals surface area contributed by atoms with Gasteiger partial charge < -0.3 is 9.64 Å². The summed E-state index contributed by atoms with van der Waals surface area (Å²) in [5.74, 6) is 3.67. The van der Waals surface area contributed by atoms with Gasteiger partial charge in [-0.25, -0.2) is 4.99 Å². The molecule has 0 saturated heterocycles. The van der Waals surface area contributed by atoms with Crippen LogP contribution in [0.3, 0.4) is 0 Å². The first-order valence-corrected chi connectivity index (χ1v) is 10.1. The molecule has 2 aromatic carbocycles. The van der Waals surface area contributed by atoms with Gasteiger partial charge in [0.1, 0.15) is 12.4 Å². The van der Waals surface area contributed by atoms with E-state index < -0.39 is 5.66 Å². The summed E-state index contributed by atoms with van der Waals surface area (Å²) >= 11 is 0. The minimum Gasteiger partial charge on any atom is -0.481 e. The minimum absolute atomic E-state index is 0.215. The first kappa shape index (κ1) is 19.3. The lowest BCUT2D eigenvalue weighted by Gasteiger charge is -2.41. The molecule has 0 radical (unpaired) electrons. The number of nitrogens with zero attached hydrogens (tertiary/aromatic N) is 2. The lowest BCUT2D eigenvalue weighted by atomic mass is 9.92. The van der Waals surface area contributed by atoms with Crippen molar-refractivity contribution in [2.75, 3.05) is 11.5 Å². The summed E-state index contributed by atoms with van der Waals surface area (Å²) in [5.41, 5.74) is 4.16. The summed E-state index contributed by atoms with van der Waals surface area (Å²) in [6.07, 6.45) is 8.46. The molecule has 2 aliphatic rings. The standard InChI is InChI=1S/C25H26N2O2/c1-5-14-29-21-12-13-23-22(15-21)24(19-8-6-18(7-9-19)17(2)3)26-25(4,16-28)27(23)20-10-11-20/h1,6-9,12-13,15-17,20H,10-11,14H2,2-4H3. The Morgan fingerprint density at radius 1 is 1.28 bits per heavy atom. The van der Waals surface area contributed by atoms with Crippen LogP contribution in [0.1, 0.15) is 56.2 Å². The highest BCUT2D eigenvalue weighted by Crippen LogP contribution is 2.44.